The standard InChI is InChI=1S/C20H26N4O/c1-25-19-11-9-17(10-12-19)23-20(21)22-14-18-8-5-13-24(18)15-16-6-3-2-4-7-16/h2-4,6-7,9-12,18H,5,8,13-15H2,1H3,(H3,21,22,23). The van der Waals surface area contributed by atoms with Crippen LogP contribution in [0.15, 0.2) is 59.6 Å². The summed E-state index contributed by atoms with van der Waals surface area (Å²) in [6.45, 7) is 2.83. The molecule has 5 nitrogen and oxygen atoms in total. The number of rotatable bonds is 6. The van der Waals surface area contributed by atoms with Gasteiger partial charge in [-0.15, -0.1) is 0 Å². The molecule has 1 aliphatic rings. The molecule has 1 aliphatic heterocycles. The fourth-order valence-electron chi connectivity index (χ4n) is 3.19. The Kier molecular flexibility index (Phi) is 5.90. The normalized spacial score (nSPS) is 18.3. The molecule has 1 heterocycles. The Bertz CT molecular complexity index is 685. The molecule has 3 N–H and O–H groups in total. The summed E-state index contributed by atoms with van der Waals surface area (Å²) in [6.07, 6.45) is 2.39. The molecule has 0 bridgehead atoms. The van der Waals surface area contributed by atoms with Crippen LogP contribution in [0.4, 0.5) is 5.69 Å². The van der Waals surface area contributed by atoms with E-state index in [1.54, 1.807) is 7.11 Å². The van der Waals surface area contributed by atoms with Crippen LogP contribution in [0, 0.1) is 0 Å². The van der Waals surface area contributed by atoms with Crippen LogP contribution < -0.4 is 15.8 Å². The fourth-order valence-corrected chi connectivity index (χ4v) is 3.19. The number of hydrogen-bond acceptors (Lipinski definition) is 3. The van der Waals surface area contributed by atoms with Gasteiger partial charge in [-0.3, -0.25) is 9.89 Å². The first-order valence-corrected chi connectivity index (χ1v) is 8.73. The molecular weight excluding hydrogens is 312 g/mol. The Morgan fingerprint density at radius 2 is 1.96 bits per heavy atom. The molecule has 1 fully saturated rings. The summed E-state index contributed by atoms with van der Waals surface area (Å²) in [6, 6.07) is 18.7. The molecule has 2 aromatic carbocycles. The van der Waals surface area contributed by atoms with E-state index in [2.05, 4.69) is 45.5 Å². The number of ether oxygens (including phenoxy) is 1. The van der Waals surface area contributed by atoms with Crippen molar-refractivity contribution in [2.24, 2.45) is 10.7 Å². The number of methoxy groups -OCH3 is 1. The number of nitrogens with two attached hydrogens (primary N) is 1. The molecule has 1 atom stereocenters. The number of nitrogens with zero attached hydrogens (tertiary/aromatic N) is 2. The molecule has 5 heteroatoms. The summed E-state index contributed by atoms with van der Waals surface area (Å²) >= 11 is 0. The summed E-state index contributed by atoms with van der Waals surface area (Å²) in [5.41, 5.74) is 8.30. The lowest BCUT2D eigenvalue weighted by molar-refractivity contribution is 0.250. The Balaban J connectivity index is 1.54. The summed E-state index contributed by atoms with van der Waals surface area (Å²) < 4.78 is 5.15. The van der Waals surface area contributed by atoms with E-state index in [1.165, 1.54) is 18.4 Å². The van der Waals surface area contributed by atoms with Gasteiger partial charge >= 0.3 is 0 Å². The highest BCUT2D eigenvalue weighted by molar-refractivity contribution is 5.92. The van der Waals surface area contributed by atoms with Crippen LogP contribution in [-0.2, 0) is 6.54 Å². The summed E-state index contributed by atoms with van der Waals surface area (Å²) in [4.78, 5) is 7.05. The predicted octanol–water partition coefficient (Wildman–Crippen LogP) is 3.09. The van der Waals surface area contributed by atoms with Crippen molar-refractivity contribution in [3.63, 3.8) is 0 Å². The summed E-state index contributed by atoms with van der Waals surface area (Å²) in [7, 11) is 1.65. The van der Waals surface area contributed by atoms with Crippen molar-refractivity contribution in [1.29, 1.82) is 0 Å². The van der Waals surface area contributed by atoms with Crippen LogP contribution in [-0.4, -0.2) is 37.1 Å². The highest BCUT2D eigenvalue weighted by atomic mass is 16.5. The van der Waals surface area contributed by atoms with E-state index in [1.807, 2.05) is 24.3 Å². The molecule has 0 saturated carbocycles. The molecule has 1 saturated heterocycles. The Labute approximate surface area is 149 Å². The lowest BCUT2D eigenvalue weighted by Gasteiger charge is -2.23. The maximum absolute atomic E-state index is 6.04. The molecule has 0 aromatic heterocycles. The van der Waals surface area contributed by atoms with Gasteiger partial charge in [0.05, 0.1) is 13.7 Å². The maximum atomic E-state index is 6.04. The van der Waals surface area contributed by atoms with E-state index >= 15 is 0 Å². The Morgan fingerprint density at radius 3 is 2.68 bits per heavy atom. The number of aliphatic imine (C=N–C) groups is 1. The molecule has 25 heavy (non-hydrogen) atoms. The maximum Gasteiger partial charge on any atom is 0.193 e. The van der Waals surface area contributed by atoms with Crippen LogP contribution in [0.25, 0.3) is 0 Å². The van der Waals surface area contributed by atoms with Gasteiger partial charge in [0.25, 0.3) is 0 Å². The fraction of sp³-hybridized carbons (Fsp3) is 0.350. The highest BCUT2D eigenvalue weighted by Gasteiger charge is 2.24. The van der Waals surface area contributed by atoms with Crippen molar-refractivity contribution < 1.29 is 4.74 Å². The molecule has 0 amide bonds. The van der Waals surface area contributed by atoms with Crippen molar-refractivity contribution in [3.05, 3.63) is 60.2 Å². The van der Waals surface area contributed by atoms with Gasteiger partial charge in [0, 0.05) is 18.3 Å². The van der Waals surface area contributed by atoms with Crippen molar-refractivity contribution in [2.45, 2.75) is 25.4 Å². The van der Waals surface area contributed by atoms with Gasteiger partial charge in [-0.05, 0) is 49.2 Å². The van der Waals surface area contributed by atoms with Gasteiger partial charge < -0.3 is 15.8 Å². The third kappa shape index (κ3) is 4.97. The van der Waals surface area contributed by atoms with Crippen LogP contribution >= 0.6 is 0 Å². The predicted molar refractivity (Wildman–Crippen MR) is 103 cm³/mol. The molecule has 132 valence electrons. The molecule has 2 aromatic rings. The zero-order valence-corrected chi connectivity index (χ0v) is 14.7. The largest absolute Gasteiger partial charge is 0.497 e. The average molecular weight is 338 g/mol. The first-order valence-electron chi connectivity index (χ1n) is 8.73. The van der Waals surface area contributed by atoms with Gasteiger partial charge in [0.2, 0.25) is 0 Å². The Hall–Kier alpha value is -2.53. The van der Waals surface area contributed by atoms with Gasteiger partial charge in [-0.2, -0.15) is 0 Å². The van der Waals surface area contributed by atoms with Crippen molar-refractivity contribution in [3.8, 4) is 5.75 Å². The van der Waals surface area contributed by atoms with E-state index in [-0.39, 0.29) is 0 Å². The van der Waals surface area contributed by atoms with Gasteiger partial charge in [-0.25, -0.2) is 0 Å². The van der Waals surface area contributed by atoms with Gasteiger partial charge in [0.1, 0.15) is 5.75 Å². The second-order valence-corrected chi connectivity index (χ2v) is 6.33. The number of benzene rings is 2. The van der Waals surface area contributed by atoms with Crippen LogP contribution in [0.5, 0.6) is 5.75 Å². The second-order valence-electron chi connectivity index (χ2n) is 6.33. The van der Waals surface area contributed by atoms with Crippen molar-refractivity contribution in [2.75, 3.05) is 25.5 Å². The quantitative estimate of drug-likeness (QED) is 0.628. The first-order chi connectivity index (χ1) is 12.2. The van der Waals surface area contributed by atoms with E-state index in [0.717, 1.165) is 31.1 Å². The zero-order valence-electron chi connectivity index (χ0n) is 14.7. The number of hydrogen-bond donors (Lipinski definition) is 2. The zero-order chi connectivity index (χ0) is 17.5. The minimum absolute atomic E-state index is 0.455. The van der Waals surface area contributed by atoms with Crippen LogP contribution in [0.2, 0.25) is 0 Å². The molecular formula is C20H26N4O. The first kappa shape index (κ1) is 17.3. The number of guanidine groups is 1. The van der Waals surface area contributed by atoms with Gasteiger partial charge in [0.15, 0.2) is 5.96 Å². The van der Waals surface area contributed by atoms with Gasteiger partial charge in [-0.1, -0.05) is 30.3 Å². The molecule has 1 unspecified atom stereocenters. The summed E-state index contributed by atoms with van der Waals surface area (Å²) in [5, 5.41) is 3.14. The van der Waals surface area contributed by atoms with E-state index < -0.39 is 0 Å². The van der Waals surface area contributed by atoms with Crippen LogP contribution in [0.1, 0.15) is 18.4 Å². The Morgan fingerprint density at radius 1 is 1.20 bits per heavy atom. The van der Waals surface area contributed by atoms with Crippen molar-refractivity contribution in [1.82, 2.24) is 4.90 Å². The molecule has 0 aliphatic carbocycles. The SMILES string of the molecule is COc1ccc(NC(N)=NCC2CCCN2Cc2ccccc2)cc1. The lowest BCUT2D eigenvalue weighted by Crippen LogP contribution is -2.33. The van der Waals surface area contributed by atoms with E-state index in [9.17, 15) is 0 Å². The molecule has 0 spiro atoms. The summed E-state index contributed by atoms with van der Waals surface area (Å²) in [5.74, 6) is 1.28. The lowest BCUT2D eigenvalue weighted by atomic mass is 10.2. The number of likely N-dealkylation sites (tertiary alicyclic amines) is 1. The average Bonchev–Trinajstić information content (AvgIpc) is 3.08. The van der Waals surface area contributed by atoms with Crippen LogP contribution in [0.3, 0.4) is 0 Å². The third-order valence-electron chi connectivity index (χ3n) is 4.56. The van der Waals surface area contributed by atoms with Crippen molar-refractivity contribution >= 4 is 11.6 Å². The second kappa shape index (κ2) is 8.53. The monoisotopic (exact) mass is 338 g/mol. The number of nitrogens with one attached hydrogen (secondary N) is 1. The minimum Gasteiger partial charge on any atom is -0.497 e. The highest BCUT2D eigenvalue weighted by Crippen LogP contribution is 2.20. The number of anilines is 1. The minimum atomic E-state index is 0.455. The van der Waals surface area contributed by atoms with E-state index in [0.29, 0.717) is 12.0 Å². The molecule has 3 rings (SSSR count). The smallest absolute Gasteiger partial charge is 0.193 e. The third-order valence-corrected chi connectivity index (χ3v) is 4.56. The topological polar surface area (TPSA) is 62.9 Å². The molecule has 0 radical (unpaired) electrons. The van der Waals surface area contributed by atoms with E-state index in [4.69, 9.17) is 10.5 Å².